The molecule has 4 aliphatic rings. The van der Waals surface area contributed by atoms with Crippen LogP contribution in [0.25, 0.3) is 0 Å². The largest absolute Gasteiger partial charge is 0.459 e. The first kappa shape index (κ1) is 45.7. The van der Waals surface area contributed by atoms with Crippen molar-refractivity contribution in [2.24, 2.45) is 34.0 Å². The first-order valence-electron chi connectivity index (χ1n) is 19.3. The number of benzene rings is 2. The van der Waals surface area contributed by atoms with Gasteiger partial charge in [-0.1, -0.05) is 29.8 Å². The van der Waals surface area contributed by atoms with Crippen molar-refractivity contribution in [2.75, 3.05) is 13.2 Å². The highest BCUT2D eigenvalue weighted by Crippen LogP contribution is 2.61. The van der Waals surface area contributed by atoms with Crippen LogP contribution in [-0.4, -0.2) is 42.3 Å². The number of carbonyl (C=O) groups excluding carboxylic acids is 4. The van der Waals surface area contributed by atoms with Crippen molar-refractivity contribution in [3.05, 3.63) is 81.9 Å². The first-order chi connectivity index (χ1) is 26.4. The van der Waals surface area contributed by atoms with Crippen molar-refractivity contribution in [1.82, 2.24) is 0 Å². The smallest absolute Gasteiger partial charge is 0.326 e. The average Bonchev–Trinajstić information content (AvgIpc) is 3.10. The highest BCUT2D eigenvalue weighted by molar-refractivity contribution is 6.03. The van der Waals surface area contributed by atoms with Gasteiger partial charge in [-0.2, -0.15) is 0 Å². The van der Waals surface area contributed by atoms with E-state index in [0.717, 1.165) is 30.2 Å². The Labute approximate surface area is 331 Å². The minimum atomic E-state index is -2.29. The Balaban J connectivity index is 0.000000258. The van der Waals surface area contributed by atoms with Crippen molar-refractivity contribution in [3.63, 3.8) is 0 Å². The summed E-state index contributed by atoms with van der Waals surface area (Å²) in [4.78, 5) is 49.4. The van der Waals surface area contributed by atoms with Crippen molar-refractivity contribution in [3.8, 4) is 0 Å². The van der Waals surface area contributed by atoms with Gasteiger partial charge in [-0.25, -0.2) is 22.0 Å². The van der Waals surface area contributed by atoms with E-state index in [-0.39, 0.29) is 17.8 Å². The third-order valence-corrected chi connectivity index (χ3v) is 11.4. The van der Waals surface area contributed by atoms with Crippen molar-refractivity contribution >= 4 is 23.5 Å². The Morgan fingerprint density at radius 1 is 0.667 bits per heavy atom. The topological polar surface area (TPSA) is 105 Å². The van der Waals surface area contributed by atoms with Crippen LogP contribution in [-0.2, 0) is 51.3 Å². The predicted octanol–water partition coefficient (Wildman–Crippen LogP) is 9.61. The molecule has 0 spiro atoms. The lowest BCUT2D eigenvalue weighted by Crippen LogP contribution is -2.45. The van der Waals surface area contributed by atoms with Crippen LogP contribution in [0.3, 0.4) is 0 Å². The number of hydrogen-bond acceptors (Lipinski definition) is 8. The zero-order valence-corrected chi connectivity index (χ0v) is 34.3. The summed E-state index contributed by atoms with van der Waals surface area (Å²) in [5.74, 6) is -9.76. The summed E-state index contributed by atoms with van der Waals surface area (Å²) in [6.45, 7) is 12.6. The van der Waals surface area contributed by atoms with Crippen LogP contribution < -0.4 is 0 Å². The van der Waals surface area contributed by atoms with Crippen LogP contribution in [0.5, 0.6) is 0 Å². The van der Waals surface area contributed by atoms with Gasteiger partial charge in [0.1, 0.15) is 33.8 Å². The van der Waals surface area contributed by atoms with E-state index >= 15 is 0 Å². The Morgan fingerprint density at radius 2 is 1.09 bits per heavy atom. The standard InChI is InChI=1S/C27H36O4.C17H19F5O4/c1-18-5-7-21(8-6-18)16-30-17-26(4,20(3)28)25(29)31-19(2)12-27-13-22-9-23(14-27)11-24(10-22)15-27;1-8(23)17(5,15(24)26-16(2,3)4)7-25-6-9-10(18)12(20)14(22)13(21)11(9)19/h5-8,12,22-24H,9-11,13-17H2,1-4H3;6-7H2,1-5H3/b19-12+;. The second-order valence-corrected chi connectivity index (χ2v) is 17.7. The van der Waals surface area contributed by atoms with E-state index in [1.807, 2.05) is 38.1 Å². The van der Waals surface area contributed by atoms with Gasteiger partial charge >= 0.3 is 11.9 Å². The van der Waals surface area contributed by atoms with E-state index in [1.54, 1.807) is 27.7 Å². The second kappa shape index (κ2) is 17.9. The summed E-state index contributed by atoms with van der Waals surface area (Å²) >= 11 is 0. The summed E-state index contributed by atoms with van der Waals surface area (Å²) in [5.41, 5.74) is -2.83. The van der Waals surface area contributed by atoms with Crippen LogP contribution >= 0.6 is 0 Å². The Hall–Kier alpha value is -3.97. The van der Waals surface area contributed by atoms with Gasteiger partial charge in [-0.05, 0) is 136 Å². The number of ether oxygens (including phenoxy) is 4. The maximum absolute atomic E-state index is 13.6. The van der Waals surface area contributed by atoms with Crippen LogP contribution in [0.1, 0.15) is 111 Å². The third kappa shape index (κ3) is 11.0. The number of aryl methyl sites for hydroxylation is 1. The molecule has 8 nitrogen and oxygen atoms in total. The Morgan fingerprint density at radius 3 is 1.53 bits per heavy atom. The fourth-order valence-corrected chi connectivity index (χ4v) is 8.26. The van der Waals surface area contributed by atoms with E-state index in [4.69, 9.17) is 18.9 Å². The number of hydrogen-bond donors (Lipinski definition) is 0. The molecule has 0 radical (unpaired) electrons. The zero-order valence-electron chi connectivity index (χ0n) is 34.3. The molecule has 4 fully saturated rings. The number of rotatable bonds is 14. The number of carbonyl (C=O) groups is 4. The van der Waals surface area contributed by atoms with Gasteiger partial charge in [-0.15, -0.1) is 0 Å². The molecule has 4 aliphatic carbocycles. The monoisotopic (exact) mass is 806 g/mol. The normalized spacial score (nSPS) is 23.5. The molecule has 0 N–H and O–H groups in total. The molecule has 314 valence electrons. The molecule has 2 atom stereocenters. The fourth-order valence-electron chi connectivity index (χ4n) is 8.26. The van der Waals surface area contributed by atoms with Gasteiger partial charge in [0, 0.05) is 0 Å². The SMILES string of the molecule is CC(=O)C(C)(COCc1c(F)c(F)c(F)c(F)c1F)C(=O)OC(C)(C)C.CC(=O)C(C)(COCc1ccc(C)cc1)C(=O)O/C(C)=C/C12CC3CC(CC(C3)C1)C2. The molecule has 4 saturated carbocycles. The molecular weight excluding hydrogens is 751 g/mol. The molecule has 4 bridgehead atoms. The maximum Gasteiger partial charge on any atom is 0.326 e. The predicted molar refractivity (Wildman–Crippen MR) is 201 cm³/mol. The van der Waals surface area contributed by atoms with Gasteiger partial charge in [0.2, 0.25) is 5.82 Å². The zero-order chi connectivity index (χ0) is 42.7. The van der Waals surface area contributed by atoms with Crippen molar-refractivity contribution in [1.29, 1.82) is 0 Å². The Kier molecular flexibility index (Phi) is 14.4. The molecule has 0 saturated heterocycles. The van der Waals surface area contributed by atoms with Gasteiger partial charge in [0.15, 0.2) is 23.3 Å². The highest BCUT2D eigenvalue weighted by Gasteiger charge is 2.50. The molecular formula is C44H55F5O8. The minimum absolute atomic E-state index is 0.0136. The van der Waals surface area contributed by atoms with E-state index in [1.165, 1.54) is 57.9 Å². The van der Waals surface area contributed by atoms with Crippen LogP contribution in [0.4, 0.5) is 22.0 Å². The fraction of sp³-hybridized carbons (Fsp3) is 0.591. The van der Waals surface area contributed by atoms with Crippen LogP contribution in [0.15, 0.2) is 36.1 Å². The second-order valence-electron chi connectivity index (χ2n) is 17.7. The van der Waals surface area contributed by atoms with E-state index in [2.05, 4.69) is 6.08 Å². The molecule has 2 aromatic rings. The number of esters is 2. The quantitative estimate of drug-likeness (QED) is 0.0465. The summed E-state index contributed by atoms with van der Waals surface area (Å²) in [7, 11) is 0. The summed E-state index contributed by atoms with van der Waals surface area (Å²) in [6, 6.07) is 8.04. The van der Waals surface area contributed by atoms with Crippen LogP contribution in [0, 0.1) is 70.0 Å². The van der Waals surface area contributed by atoms with Crippen molar-refractivity contribution < 1.29 is 60.1 Å². The summed E-state index contributed by atoms with van der Waals surface area (Å²) < 4.78 is 88.1. The van der Waals surface area contributed by atoms with E-state index in [9.17, 15) is 41.1 Å². The summed E-state index contributed by atoms with van der Waals surface area (Å²) in [6.07, 6.45) is 10.0. The number of ketones is 2. The van der Waals surface area contributed by atoms with Crippen LogP contribution in [0.2, 0.25) is 0 Å². The van der Waals surface area contributed by atoms with Crippen molar-refractivity contribution in [2.45, 2.75) is 120 Å². The lowest BCUT2D eigenvalue weighted by molar-refractivity contribution is -0.173. The lowest BCUT2D eigenvalue weighted by Gasteiger charge is -2.55. The molecule has 0 aliphatic heterocycles. The minimum Gasteiger partial charge on any atom is -0.459 e. The van der Waals surface area contributed by atoms with Gasteiger partial charge < -0.3 is 18.9 Å². The van der Waals surface area contributed by atoms with Gasteiger partial charge in [0.05, 0.1) is 32.0 Å². The average molecular weight is 807 g/mol. The third-order valence-electron chi connectivity index (χ3n) is 11.4. The Bertz CT molecular complexity index is 1800. The highest BCUT2D eigenvalue weighted by atomic mass is 19.2. The van der Waals surface area contributed by atoms with E-state index in [0.29, 0.717) is 12.4 Å². The maximum atomic E-state index is 13.6. The molecule has 57 heavy (non-hydrogen) atoms. The number of halogens is 5. The molecule has 13 heteroatoms. The molecule has 0 heterocycles. The lowest BCUT2D eigenvalue weighted by atomic mass is 9.49. The molecule has 0 amide bonds. The summed E-state index contributed by atoms with van der Waals surface area (Å²) in [5, 5.41) is 0. The molecule has 2 aromatic carbocycles. The number of allylic oxidation sites excluding steroid dienone is 2. The van der Waals surface area contributed by atoms with Gasteiger partial charge in [-0.3, -0.25) is 19.2 Å². The van der Waals surface area contributed by atoms with Gasteiger partial charge in [0.25, 0.3) is 0 Å². The number of Topliss-reactive ketones (excluding diaryl/α,β-unsaturated/α-hetero) is 2. The molecule has 0 aromatic heterocycles. The van der Waals surface area contributed by atoms with E-state index < -0.39 is 82.0 Å². The molecule has 2 unspecified atom stereocenters. The molecule has 6 rings (SSSR count). The first-order valence-corrected chi connectivity index (χ1v) is 19.3.